The average molecular weight is 653 g/mol. The van der Waals surface area contributed by atoms with Gasteiger partial charge in [0.25, 0.3) is 0 Å². The second-order valence-corrected chi connectivity index (χ2v) is 12.9. The van der Waals surface area contributed by atoms with E-state index in [9.17, 15) is 0 Å². The van der Waals surface area contributed by atoms with E-state index in [0.717, 1.165) is 66.8 Å². The fourth-order valence-electron chi connectivity index (χ4n) is 7.76. The molecule has 0 radical (unpaired) electrons. The Kier molecular flexibility index (Phi) is 6.81. The summed E-state index contributed by atoms with van der Waals surface area (Å²) < 4.78 is 8.84. The van der Waals surface area contributed by atoms with Gasteiger partial charge in [-0.05, 0) is 77.4 Å². The zero-order valence-corrected chi connectivity index (χ0v) is 27.8. The lowest BCUT2D eigenvalue weighted by molar-refractivity contribution is 0.669. The van der Waals surface area contributed by atoms with Gasteiger partial charge in [0.2, 0.25) is 0 Å². The average Bonchev–Trinajstić information content (AvgIpc) is 3.76. The van der Waals surface area contributed by atoms with Crippen LogP contribution in [0.1, 0.15) is 0 Å². The number of anilines is 3. The van der Waals surface area contributed by atoms with Crippen molar-refractivity contribution in [2.45, 2.75) is 0 Å². The molecule has 0 aliphatic heterocycles. The van der Waals surface area contributed by atoms with E-state index < -0.39 is 0 Å². The Balaban J connectivity index is 1.31. The molecule has 0 aliphatic carbocycles. The lowest BCUT2D eigenvalue weighted by atomic mass is 9.95. The number of hydrogen-bond acceptors (Lipinski definition) is 2. The van der Waals surface area contributed by atoms with Crippen molar-refractivity contribution in [3.8, 4) is 27.9 Å². The van der Waals surface area contributed by atoms with E-state index in [1.54, 1.807) is 0 Å². The first-order valence-corrected chi connectivity index (χ1v) is 17.4. The molecule has 0 saturated carbocycles. The minimum atomic E-state index is 0.887. The minimum absolute atomic E-state index is 0.887. The second-order valence-electron chi connectivity index (χ2n) is 12.9. The van der Waals surface area contributed by atoms with Crippen molar-refractivity contribution in [1.29, 1.82) is 0 Å². The van der Waals surface area contributed by atoms with Crippen LogP contribution < -0.4 is 4.90 Å². The third kappa shape index (κ3) is 4.74. The van der Waals surface area contributed by atoms with Gasteiger partial charge in [0.1, 0.15) is 11.2 Å². The van der Waals surface area contributed by atoms with Crippen LogP contribution in [-0.4, -0.2) is 4.57 Å². The molecule has 0 bridgehead atoms. The zero-order valence-electron chi connectivity index (χ0n) is 27.8. The fraction of sp³-hybridized carbons (Fsp3) is 0. The Bertz CT molecular complexity index is 2830. The Labute approximate surface area is 295 Å². The molecule has 0 spiro atoms. The van der Waals surface area contributed by atoms with Crippen LogP contribution >= 0.6 is 0 Å². The molecule has 0 fully saturated rings. The Morgan fingerprint density at radius 1 is 0.392 bits per heavy atom. The number of furan rings is 1. The van der Waals surface area contributed by atoms with Crippen LogP contribution in [0, 0.1) is 0 Å². The number of fused-ring (bicyclic) bond motifs is 6. The van der Waals surface area contributed by atoms with Crippen LogP contribution in [0.3, 0.4) is 0 Å². The SMILES string of the molecule is c1ccc(-c2ccc(N(c3ccccc3)c3ccc(-c4cccc5oc6ccccc6c45)c4c3c3ccccc3n4-c3ccccc3)cc2)cc1. The Morgan fingerprint density at radius 2 is 1.00 bits per heavy atom. The largest absolute Gasteiger partial charge is 0.456 e. The van der Waals surface area contributed by atoms with Gasteiger partial charge in [-0.3, -0.25) is 0 Å². The van der Waals surface area contributed by atoms with Crippen LogP contribution in [-0.2, 0) is 0 Å². The third-order valence-corrected chi connectivity index (χ3v) is 9.99. The van der Waals surface area contributed by atoms with Crippen LogP contribution in [0.4, 0.5) is 17.1 Å². The molecule has 10 rings (SSSR count). The molecule has 3 nitrogen and oxygen atoms in total. The van der Waals surface area contributed by atoms with Crippen molar-refractivity contribution >= 4 is 60.8 Å². The number of para-hydroxylation sites is 4. The molecule has 0 N–H and O–H groups in total. The standard InChI is InChI=1S/C48H32N2O/c1-4-15-33(16-5-1)34-27-29-37(30-28-34)49(35-17-6-2-7-18-35)43-32-31-39(38-23-14-26-45-46(38)41-22-11-13-25-44(41)51-45)48-47(43)40-21-10-12-24-42(40)50(48)36-19-8-3-9-20-36/h1-32H. The predicted molar refractivity (Wildman–Crippen MR) is 214 cm³/mol. The second kappa shape index (κ2) is 11.9. The molecule has 51 heavy (non-hydrogen) atoms. The normalized spacial score (nSPS) is 11.5. The highest BCUT2D eigenvalue weighted by Gasteiger charge is 2.25. The van der Waals surface area contributed by atoms with E-state index in [2.05, 4.69) is 198 Å². The number of hydrogen-bond donors (Lipinski definition) is 0. The van der Waals surface area contributed by atoms with Crippen molar-refractivity contribution in [2.75, 3.05) is 4.90 Å². The van der Waals surface area contributed by atoms with Crippen molar-refractivity contribution in [2.24, 2.45) is 0 Å². The van der Waals surface area contributed by atoms with Crippen LogP contribution in [0.5, 0.6) is 0 Å². The van der Waals surface area contributed by atoms with E-state index in [1.165, 1.54) is 21.9 Å². The summed E-state index contributed by atoms with van der Waals surface area (Å²) in [5.74, 6) is 0. The van der Waals surface area contributed by atoms with Gasteiger partial charge in [0, 0.05) is 44.2 Å². The molecule has 0 amide bonds. The Hall–Kier alpha value is -6.84. The van der Waals surface area contributed by atoms with E-state index in [1.807, 2.05) is 6.07 Å². The third-order valence-electron chi connectivity index (χ3n) is 9.99. The molecule has 0 unspecified atom stereocenters. The molecule has 10 aromatic rings. The quantitative estimate of drug-likeness (QED) is 0.178. The van der Waals surface area contributed by atoms with Crippen molar-refractivity contribution in [3.05, 3.63) is 194 Å². The molecule has 0 saturated heterocycles. The lowest BCUT2D eigenvalue weighted by Crippen LogP contribution is -2.10. The first-order valence-electron chi connectivity index (χ1n) is 17.4. The summed E-state index contributed by atoms with van der Waals surface area (Å²) in [5.41, 5.74) is 13.2. The van der Waals surface area contributed by atoms with Crippen LogP contribution in [0.2, 0.25) is 0 Å². The van der Waals surface area contributed by atoms with Gasteiger partial charge in [-0.15, -0.1) is 0 Å². The van der Waals surface area contributed by atoms with Gasteiger partial charge < -0.3 is 13.9 Å². The maximum atomic E-state index is 6.40. The summed E-state index contributed by atoms with van der Waals surface area (Å²) >= 11 is 0. The molecule has 0 aliphatic rings. The monoisotopic (exact) mass is 652 g/mol. The van der Waals surface area contributed by atoms with E-state index in [0.29, 0.717) is 0 Å². The summed E-state index contributed by atoms with van der Waals surface area (Å²) in [5, 5.41) is 4.63. The fourth-order valence-corrected chi connectivity index (χ4v) is 7.76. The molecular formula is C48H32N2O. The van der Waals surface area contributed by atoms with Gasteiger partial charge in [0.15, 0.2) is 0 Å². The predicted octanol–water partition coefficient (Wildman–Crippen LogP) is 13.5. The number of benzene rings is 8. The molecular weight excluding hydrogens is 621 g/mol. The summed E-state index contributed by atoms with van der Waals surface area (Å²) in [6, 6.07) is 69.1. The maximum Gasteiger partial charge on any atom is 0.136 e. The highest BCUT2D eigenvalue weighted by Crippen LogP contribution is 2.48. The smallest absolute Gasteiger partial charge is 0.136 e. The molecule has 0 atom stereocenters. The van der Waals surface area contributed by atoms with E-state index >= 15 is 0 Å². The number of aromatic nitrogens is 1. The van der Waals surface area contributed by atoms with Crippen LogP contribution in [0.15, 0.2) is 199 Å². The number of rotatable bonds is 6. The lowest BCUT2D eigenvalue weighted by Gasteiger charge is -2.27. The van der Waals surface area contributed by atoms with Gasteiger partial charge in [0.05, 0.1) is 16.7 Å². The summed E-state index contributed by atoms with van der Waals surface area (Å²) in [7, 11) is 0. The van der Waals surface area contributed by atoms with Crippen LogP contribution in [0.25, 0.3) is 71.7 Å². The van der Waals surface area contributed by atoms with Crippen molar-refractivity contribution in [3.63, 3.8) is 0 Å². The summed E-state index contributed by atoms with van der Waals surface area (Å²) in [6.07, 6.45) is 0. The van der Waals surface area contributed by atoms with Gasteiger partial charge in [-0.1, -0.05) is 133 Å². The first kappa shape index (κ1) is 29.1. The molecule has 2 heterocycles. The number of nitrogens with zero attached hydrogens (tertiary/aromatic N) is 2. The van der Waals surface area contributed by atoms with Gasteiger partial charge in [-0.2, -0.15) is 0 Å². The minimum Gasteiger partial charge on any atom is -0.456 e. The summed E-state index contributed by atoms with van der Waals surface area (Å²) in [6.45, 7) is 0. The van der Waals surface area contributed by atoms with E-state index in [4.69, 9.17) is 4.42 Å². The highest BCUT2D eigenvalue weighted by atomic mass is 16.3. The van der Waals surface area contributed by atoms with E-state index in [-0.39, 0.29) is 0 Å². The van der Waals surface area contributed by atoms with Crippen molar-refractivity contribution < 1.29 is 4.42 Å². The molecule has 2 aromatic heterocycles. The maximum absolute atomic E-state index is 6.40. The topological polar surface area (TPSA) is 21.3 Å². The first-order chi connectivity index (χ1) is 25.3. The van der Waals surface area contributed by atoms with Crippen molar-refractivity contribution in [1.82, 2.24) is 4.57 Å². The molecule has 3 heteroatoms. The van der Waals surface area contributed by atoms with Gasteiger partial charge in [-0.25, -0.2) is 0 Å². The Morgan fingerprint density at radius 3 is 1.78 bits per heavy atom. The molecule has 240 valence electrons. The highest BCUT2D eigenvalue weighted by molar-refractivity contribution is 6.23. The molecule has 8 aromatic carbocycles. The summed E-state index contributed by atoms with van der Waals surface area (Å²) in [4.78, 5) is 2.40. The zero-order chi connectivity index (χ0) is 33.7. The van der Waals surface area contributed by atoms with Gasteiger partial charge >= 0.3 is 0 Å².